The van der Waals surface area contributed by atoms with E-state index in [2.05, 4.69) is 0 Å². The largest absolute Gasteiger partial charge is 0.507 e. The molecular formula is C25H18O2. The van der Waals surface area contributed by atoms with Gasteiger partial charge in [0.15, 0.2) is 5.78 Å². The van der Waals surface area contributed by atoms with Crippen molar-refractivity contribution in [3.05, 3.63) is 114 Å². The first-order valence-corrected chi connectivity index (χ1v) is 8.81. The van der Waals surface area contributed by atoms with E-state index in [9.17, 15) is 9.90 Å². The minimum absolute atomic E-state index is 0.0648. The van der Waals surface area contributed by atoms with Crippen LogP contribution in [0.25, 0.3) is 22.3 Å². The number of phenols is 1. The number of hydrogen-bond acceptors (Lipinski definition) is 2. The van der Waals surface area contributed by atoms with Gasteiger partial charge in [0.25, 0.3) is 0 Å². The molecule has 0 unspecified atom stereocenters. The minimum atomic E-state index is -0.0648. The normalized spacial score (nSPS) is 10.5. The van der Waals surface area contributed by atoms with E-state index in [1.165, 1.54) is 0 Å². The SMILES string of the molecule is O=C(c1ccccc1)c1cc(-c2ccccc2)c(O)c(-c2ccccc2)c1. The van der Waals surface area contributed by atoms with Gasteiger partial charge in [-0.05, 0) is 23.3 Å². The first-order chi connectivity index (χ1) is 13.2. The van der Waals surface area contributed by atoms with E-state index in [1.807, 2.05) is 78.9 Å². The number of aromatic hydroxyl groups is 1. The molecular weight excluding hydrogens is 332 g/mol. The third-order valence-electron chi connectivity index (χ3n) is 4.58. The van der Waals surface area contributed by atoms with Crippen LogP contribution in [0.5, 0.6) is 5.75 Å². The maximum absolute atomic E-state index is 13.0. The Balaban J connectivity index is 1.93. The van der Waals surface area contributed by atoms with Gasteiger partial charge in [0.05, 0.1) is 0 Å². The summed E-state index contributed by atoms with van der Waals surface area (Å²) >= 11 is 0. The van der Waals surface area contributed by atoms with Crippen LogP contribution in [-0.2, 0) is 0 Å². The molecule has 0 aliphatic heterocycles. The maximum atomic E-state index is 13.0. The molecule has 0 radical (unpaired) electrons. The van der Waals surface area contributed by atoms with E-state index in [0.29, 0.717) is 22.3 Å². The fourth-order valence-electron chi connectivity index (χ4n) is 3.20. The summed E-state index contributed by atoms with van der Waals surface area (Å²) in [4.78, 5) is 13.0. The number of rotatable bonds is 4. The van der Waals surface area contributed by atoms with Crippen LogP contribution in [0.2, 0.25) is 0 Å². The van der Waals surface area contributed by atoms with Crippen LogP contribution in [0.15, 0.2) is 103 Å². The van der Waals surface area contributed by atoms with Gasteiger partial charge in [-0.15, -0.1) is 0 Å². The lowest BCUT2D eigenvalue weighted by Crippen LogP contribution is -2.02. The Kier molecular flexibility index (Phi) is 4.54. The molecule has 0 atom stereocenters. The zero-order valence-electron chi connectivity index (χ0n) is 14.7. The summed E-state index contributed by atoms with van der Waals surface area (Å²) in [5.74, 6) is 0.113. The lowest BCUT2D eigenvalue weighted by atomic mass is 9.92. The Hall–Kier alpha value is -3.65. The Bertz CT molecular complexity index is 1010. The Labute approximate surface area is 158 Å². The molecule has 27 heavy (non-hydrogen) atoms. The summed E-state index contributed by atoms with van der Waals surface area (Å²) in [7, 11) is 0. The Morgan fingerprint density at radius 3 is 1.41 bits per heavy atom. The second-order valence-corrected chi connectivity index (χ2v) is 6.35. The summed E-state index contributed by atoms with van der Waals surface area (Å²) in [6, 6.07) is 32.0. The third kappa shape index (κ3) is 3.38. The molecule has 2 heteroatoms. The molecule has 4 aromatic carbocycles. The first-order valence-electron chi connectivity index (χ1n) is 8.81. The minimum Gasteiger partial charge on any atom is -0.507 e. The summed E-state index contributed by atoms with van der Waals surface area (Å²) in [5.41, 5.74) is 4.22. The molecule has 0 spiro atoms. The molecule has 2 nitrogen and oxygen atoms in total. The number of hydrogen-bond donors (Lipinski definition) is 1. The van der Waals surface area contributed by atoms with Gasteiger partial charge < -0.3 is 5.11 Å². The van der Waals surface area contributed by atoms with Crippen LogP contribution >= 0.6 is 0 Å². The van der Waals surface area contributed by atoms with Crippen molar-refractivity contribution >= 4 is 5.78 Å². The molecule has 0 aromatic heterocycles. The molecule has 4 aromatic rings. The predicted octanol–water partition coefficient (Wildman–Crippen LogP) is 5.96. The summed E-state index contributed by atoms with van der Waals surface area (Å²) < 4.78 is 0. The summed E-state index contributed by atoms with van der Waals surface area (Å²) in [6.07, 6.45) is 0. The molecule has 4 rings (SSSR count). The zero-order valence-corrected chi connectivity index (χ0v) is 14.7. The lowest BCUT2D eigenvalue weighted by Gasteiger charge is -2.13. The van der Waals surface area contributed by atoms with Crippen LogP contribution in [0.1, 0.15) is 15.9 Å². The van der Waals surface area contributed by atoms with Gasteiger partial charge in [-0.1, -0.05) is 91.0 Å². The highest BCUT2D eigenvalue weighted by atomic mass is 16.3. The lowest BCUT2D eigenvalue weighted by molar-refractivity contribution is 0.103. The second-order valence-electron chi connectivity index (χ2n) is 6.35. The molecule has 0 saturated heterocycles. The summed E-state index contributed by atoms with van der Waals surface area (Å²) in [5, 5.41) is 11.0. The van der Waals surface area contributed by atoms with Gasteiger partial charge in [0.2, 0.25) is 0 Å². The Morgan fingerprint density at radius 2 is 0.963 bits per heavy atom. The van der Waals surface area contributed by atoms with Gasteiger partial charge in [-0.25, -0.2) is 0 Å². The van der Waals surface area contributed by atoms with E-state index in [1.54, 1.807) is 24.3 Å². The summed E-state index contributed by atoms with van der Waals surface area (Å²) in [6.45, 7) is 0. The zero-order chi connectivity index (χ0) is 18.6. The van der Waals surface area contributed by atoms with Crippen molar-refractivity contribution < 1.29 is 9.90 Å². The van der Waals surface area contributed by atoms with Crippen molar-refractivity contribution in [2.75, 3.05) is 0 Å². The van der Waals surface area contributed by atoms with Crippen molar-refractivity contribution in [3.8, 4) is 28.0 Å². The fourth-order valence-corrected chi connectivity index (χ4v) is 3.20. The topological polar surface area (TPSA) is 37.3 Å². The monoisotopic (exact) mass is 350 g/mol. The number of phenolic OH excluding ortho intramolecular Hbond substituents is 1. The van der Waals surface area contributed by atoms with Gasteiger partial charge in [0.1, 0.15) is 5.75 Å². The Morgan fingerprint density at radius 1 is 0.556 bits per heavy atom. The van der Waals surface area contributed by atoms with Crippen molar-refractivity contribution in [2.45, 2.75) is 0 Å². The van der Waals surface area contributed by atoms with E-state index < -0.39 is 0 Å². The maximum Gasteiger partial charge on any atom is 0.193 e. The van der Waals surface area contributed by atoms with Crippen LogP contribution in [0.3, 0.4) is 0 Å². The molecule has 0 amide bonds. The smallest absolute Gasteiger partial charge is 0.193 e. The average molecular weight is 350 g/mol. The van der Waals surface area contributed by atoms with Crippen LogP contribution < -0.4 is 0 Å². The highest BCUT2D eigenvalue weighted by Gasteiger charge is 2.17. The highest BCUT2D eigenvalue weighted by molar-refractivity contribution is 6.10. The number of ketones is 1. The third-order valence-corrected chi connectivity index (χ3v) is 4.58. The quantitative estimate of drug-likeness (QED) is 0.461. The van der Waals surface area contributed by atoms with Crippen LogP contribution in [0, 0.1) is 0 Å². The average Bonchev–Trinajstić information content (AvgIpc) is 2.75. The molecule has 0 aliphatic carbocycles. The molecule has 0 saturated carbocycles. The molecule has 130 valence electrons. The van der Waals surface area contributed by atoms with Crippen molar-refractivity contribution in [1.29, 1.82) is 0 Å². The van der Waals surface area contributed by atoms with E-state index in [-0.39, 0.29) is 11.5 Å². The van der Waals surface area contributed by atoms with Gasteiger partial charge in [0, 0.05) is 22.3 Å². The number of carbonyl (C=O) groups excluding carboxylic acids is 1. The predicted molar refractivity (Wildman–Crippen MR) is 109 cm³/mol. The van der Waals surface area contributed by atoms with E-state index >= 15 is 0 Å². The molecule has 0 heterocycles. The molecule has 0 bridgehead atoms. The fraction of sp³-hybridized carbons (Fsp3) is 0. The number of carbonyl (C=O) groups is 1. The van der Waals surface area contributed by atoms with Gasteiger partial charge in [-0.2, -0.15) is 0 Å². The molecule has 1 N–H and O–H groups in total. The van der Waals surface area contributed by atoms with Crippen LogP contribution in [-0.4, -0.2) is 10.9 Å². The standard InChI is InChI=1S/C25H18O2/c26-24(20-14-8-3-9-15-20)21-16-22(18-10-4-1-5-11-18)25(27)23(17-21)19-12-6-2-7-13-19/h1-17,27H. The van der Waals surface area contributed by atoms with Crippen LogP contribution in [0.4, 0.5) is 0 Å². The van der Waals surface area contributed by atoms with E-state index in [4.69, 9.17) is 0 Å². The highest BCUT2D eigenvalue weighted by Crippen LogP contribution is 2.39. The first kappa shape index (κ1) is 16.8. The van der Waals surface area contributed by atoms with Crippen molar-refractivity contribution in [2.24, 2.45) is 0 Å². The van der Waals surface area contributed by atoms with E-state index in [0.717, 1.165) is 11.1 Å². The van der Waals surface area contributed by atoms with Crippen molar-refractivity contribution in [1.82, 2.24) is 0 Å². The molecule has 0 aliphatic rings. The second kappa shape index (κ2) is 7.30. The number of benzene rings is 4. The van der Waals surface area contributed by atoms with Gasteiger partial charge >= 0.3 is 0 Å². The van der Waals surface area contributed by atoms with Crippen molar-refractivity contribution in [3.63, 3.8) is 0 Å². The molecule has 0 fully saturated rings. The van der Waals surface area contributed by atoms with Gasteiger partial charge in [-0.3, -0.25) is 4.79 Å².